The molecule has 0 amide bonds. The summed E-state index contributed by atoms with van der Waals surface area (Å²) in [5.74, 6) is -2.93. The SMILES string of the molecule is CCCCCCCCCCCCC(CCCCCCCC)(C(=O)[O-])C(=O)[O-].[Li+].[Li+]. The average Bonchev–Trinajstić information content (AvgIpc) is 2.63. The van der Waals surface area contributed by atoms with E-state index in [4.69, 9.17) is 0 Å². The second-order valence-corrected chi connectivity index (χ2v) is 8.11. The van der Waals surface area contributed by atoms with E-state index in [1.54, 1.807) is 0 Å². The molecule has 0 N–H and O–H groups in total. The molecule has 0 saturated heterocycles. The summed E-state index contributed by atoms with van der Waals surface area (Å²) in [5.41, 5.74) is -1.80. The Morgan fingerprint density at radius 1 is 0.517 bits per heavy atom. The van der Waals surface area contributed by atoms with Gasteiger partial charge < -0.3 is 19.8 Å². The number of hydrogen-bond acceptors (Lipinski definition) is 4. The quantitative estimate of drug-likeness (QED) is 0.143. The van der Waals surface area contributed by atoms with E-state index in [1.807, 2.05) is 0 Å². The molecule has 0 saturated carbocycles. The van der Waals surface area contributed by atoms with Crippen molar-refractivity contribution in [2.75, 3.05) is 0 Å². The molecule has 0 aromatic heterocycles. The van der Waals surface area contributed by atoms with E-state index in [-0.39, 0.29) is 50.6 Å². The fourth-order valence-electron chi connectivity index (χ4n) is 3.74. The number of hydrogen-bond donors (Lipinski definition) is 0. The topological polar surface area (TPSA) is 80.3 Å². The van der Waals surface area contributed by atoms with Gasteiger partial charge in [-0.05, 0) is 12.8 Å². The minimum absolute atomic E-state index is 0. The van der Waals surface area contributed by atoms with Gasteiger partial charge in [-0.1, -0.05) is 117 Å². The van der Waals surface area contributed by atoms with Crippen LogP contribution in [0.2, 0.25) is 0 Å². The third-order valence-electron chi connectivity index (χ3n) is 5.70. The summed E-state index contributed by atoms with van der Waals surface area (Å²) < 4.78 is 0. The van der Waals surface area contributed by atoms with Gasteiger partial charge in [0.05, 0.1) is 11.9 Å². The normalized spacial score (nSPS) is 10.8. The molecule has 0 aliphatic rings. The van der Waals surface area contributed by atoms with E-state index in [0.29, 0.717) is 12.8 Å². The van der Waals surface area contributed by atoms with Gasteiger partial charge in [0.25, 0.3) is 0 Å². The van der Waals surface area contributed by atoms with Gasteiger partial charge in [-0.15, -0.1) is 0 Å². The van der Waals surface area contributed by atoms with Gasteiger partial charge in [-0.25, -0.2) is 0 Å². The van der Waals surface area contributed by atoms with Crippen molar-refractivity contribution in [3.05, 3.63) is 0 Å². The van der Waals surface area contributed by atoms with E-state index >= 15 is 0 Å². The molecule has 0 heterocycles. The Labute approximate surface area is 203 Å². The molecule has 0 rings (SSSR count). The number of carbonyl (C=O) groups excluding carboxylic acids is 2. The largest absolute Gasteiger partial charge is 1.00 e. The molecule has 0 radical (unpaired) electrons. The zero-order valence-corrected chi connectivity index (χ0v) is 19.9. The second kappa shape index (κ2) is 22.8. The maximum Gasteiger partial charge on any atom is 1.00 e. The molecule has 0 aromatic rings. The van der Waals surface area contributed by atoms with Crippen LogP contribution in [-0.4, -0.2) is 11.9 Å². The van der Waals surface area contributed by atoms with Gasteiger partial charge in [0.2, 0.25) is 0 Å². The van der Waals surface area contributed by atoms with Gasteiger partial charge in [-0.2, -0.15) is 0 Å². The predicted molar refractivity (Wildman–Crippen MR) is 107 cm³/mol. The van der Waals surface area contributed by atoms with Gasteiger partial charge in [0.15, 0.2) is 0 Å². The third kappa shape index (κ3) is 16.5. The van der Waals surface area contributed by atoms with E-state index in [2.05, 4.69) is 13.8 Å². The zero-order valence-electron chi connectivity index (χ0n) is 19.9. The van der Waals surface area contributed by atoms with Gasteiger partial charge in [-0.3, -0.25) is 0 Å². The van der Waals surface area contributed by atoms with Crippen LogP contribution >= 0.6 is 0 Å². The molecule has 4 nitrogen and oxygen atoms in total. The first-order chi connectivity index (χ1) is 13.0. The number of carbonyl (C=O) groups is 2. The molecular weight excluding hydrogens is 354 g/mol. The monoisotopic (exact) mass is 396 g/mol. The molecule has 0 spiro atoms. The maximum atomic E-state index is 11.6. The molecular formula is C23H42Li2O4. The zero-order chi connectivity index (χ0) is 20.4. The number of carboxylic acids is 2. The third-order valence-corrected chi connectivity index (χ3v) is 5.70. The summed E-state index contributed by atoms with van der Waals surface area (Å²) in [7, 11) is 0. The van der Waals surface area contributed by atoms with E-state index in [1.165, 1.54) is 44.9 Å². The average molecular weight is 396 g/mol. The molecule has 0 bridgehead atoms. The Hall–Kier alpha value is 0.135. The van der Waals surface area contributed by atoms with Crippen LogP contribution in [0.4, 0.5) is 0 Å². The Morgan fingerprint density at radius 3 is 1.00 bits per heavy atom. The summed E-state index contributed by atoms with van der Waals surface area (Å²) in [6.45, 7) is 4.36. The van der Waals surface area contributed by atoms with Crippen LogP contribution in [0, 0.1) is 5.41 Å². The number of carboxylic acid groups (broad SMARTS) is 2. The molecule has 0 atom stereocenters. The molecule has 0 aliphatic heterocycles. The van der Waals surface area contributed by atoms with Crippen molar-refractivity contribution in [1.82, 2.24) is 0 Å². The van der Waals surface area contributed by atoms with Crippen molar-refractivity contribution in [1.29, 1.82) is 0 Å². The minimum Gasteiger partial charge on any atom is -0.549 e. The summed E-state index contributed by atoms with van der Waals surface area (Å²) >= 11 is 0. The molecule has 0 aliphatic carbocycles. The molecule has 0 aromatic carbocycles. The standard InChI is InChI=1S/C23H44O4.2Li/c1-3-5-7-9-11-12-13-14-16-18-20-23(21(24)25,22(26)27)19-17-15-10-8-6-4-2;;/h3-20H2,1-2H3,(H,24,25)(H,26,27);;/q;2*+1/p-2. The fraction of sp³-hybridized carbons (Fsp3) is 0.913. The van der Waals surface area contributed by atoms with Crippen molar-refractivity contribution in [2.45, 2.75) is 129 Å². The van der Waals surface area contributed by atoms with E-state index in [9.17, 15) is 19.8 Å². The number of aliphatic carboxylic acids is 2. The van der Waals surface area contributed by atoms with Gasteiger partial charge in [0.1, 0.15) is 0 Å². The Bertz CT molecular complexity index is 375. The smallest absolute Gasteiger partial charge is 0.549 e. The van der Waals surface area contributed by atoms with Crippen LogP contribution in [0.3, 0.4) is 0 Å². The molecule has 29 heavy (non-hydrogen) atoms. The Morgan fingerprint density at radius 2 is 0.759 bits per heavy atom. The first-order valence-corrected chi connectivity index (χ1v) is 11.4. The first-order valence-electron chi connectivity index (χ1n) is 11.4. The summed E-state index contributed by atoms with van der Waals surface area (Å²) in [4.78, 5) is 23.2. The van der Waals surface area contributed by atoms with Crippen LogP contribution in [0.15, 0.2) is 0 Å². The number of unbranched alkanes of at least 4 members (excludes halogenated alkanes) is 14. The van der Waals surface area contributed by atoms with E-state index < -0.39 is 17.4 Å². The summed E-state index contributed by atoms with van der Waals surface area (Å²) in [6, 6.07) is 0. The summed E-state index contributed by atoms with van der Waals surface area (Å²) in [6.07, 6.45) is 17.6. The van der Waals surface area contributed by atoms with Crippen molar-refractivity contribution >= 4 is 11.9 Å². The molecule has 160 valence electrons. The molecule has 0 fully saturated rings. The Balaban J connectivity index is -0.00000338. The van der Waals surface area contributed by atoms with Gasteiger partial charge in [0, 0.05) is 5.41 Å². The first kappa shape index (κ1) is 33.8. The predicted octanol–water partition coefficient (Wildman–Crippen LogP) is -1.46. The van der Waals surface area contributed by atoms with Crippen LogP contribution in [0.1, 0.15) is 129 Å². The minimum atomic E-state index is -1.80. The van der Waals surface area contributed by atoms with Crippen LogP contribution in [0.5, 0.6) is 0 Å². The van der Waals surface area contributed by atoms with Crippen LogP contribution in [0.25, 0.3) is 0 Å². The fourth-order valence-corrected chi connectivity index (χ4v) is 3.74. The van der Waals surface area contributed by atoms with Crippen LogP contribution in [-0.2, 0) is 9.59 Å². The Kier molecular flexibility index (Phi) is 26.6. The van der Waals surface area contributed by atoms with E-state index in [0.717, 1.165) is 44.9 Å². The molecule has 6 heteroatoms. The second-order valence-electron chi connectivity index (χ2n) is 8.11. The number of rotatable bonds is 20. The van der Waals surface area contributed by atoms with Crippen molar-refractivity contribution in [3.8, 4) is 0 Å². The maximum absolute atomic E-state index is 11.6. The summed E-state index contributed by atoms with van der Waals surface area (Å²) in [5, 5.41) is 23.2. The van der Waals surface area contributed by atoms with Crippen molar-refractivity contribution in [3.63, 3.8) is 0 Å². The van der Waals surface area contributed by atoms with Crippen molar-refractivity contribution in [2.24, 2.45) is 5.41 Å². The van der Waals surface area contributed by atoms with Crippen molar-refractivity contribution < 1.29 is 57.5 Å². The van der Waals surface area contributed by atoms with Gasteiger partial charge >= 0.3 is 37.7 Å². The van der Waals surface area contributed by atoms with Crippen LogP contribution < -0.4 is 47.9 Å². The molecule has 0 unspecified atom stereocenters.